The van der Waals surface area contributed by atoms with E-state index in [1.54, 1.807) is 0 Å². The Morgan fingerprint density at radius 1 is 0.789 bits per heavy atom. The molecule has 6 rings (SSSR count). The Labute approximate surface area is 335 Å². The molecule has 2 aliphatic heterocycles. The summed E-state index contributed by atoms with van der Waals surface area (Å²) in [4.78, 5) is 0. The smallest absolute Gasteiger partial charge is 0.393 e. The predicted octanol–water partition coefficient (Wildman–Crippen LogP) is -0.102. The highest BCUT2D eigenvalue weighted by Crippen LogP contribution is 2.69. The standard InChI is InChI=1S/C39H66O17S/c1-18(20(3)15-52-35-33(31(26(44)17-53-35)56-57(48,49)50)55-36-32(51-6)30(46)25(43)16-54-36)7-8-19(2)21-13-23(41)34-37(21,4)12-10-27-38(5)11-9-22(40)29(45)28(38)24(42)14-39(27,34)47/h7-8,18-36,40-47H,9-17H2,1-6H3,(H,48,49,50)/b8-7+/t18-,19-,20-,21-,22+,23-,24+,25-,26-,27?,28?,29+,30+,31+,32-,33-,34?,35-,36+,37-,38-,39+/m1/s1. The van der Waals surface area contributed by atoms with Crippen molar-refractivity contribution in [2.45, 2.75) is 152 Å². The lowest BCUT2D eigenvalue weighted by Gasteiger charge is -2.66. The van der Waals surface area contributed by atoms with Gasteiger partial charge >= 0.3 is 10.4 Å². The molecule has 0 radical (unpaired) electrons. The topological polar surface area (TPSA) is 272 Å². The molecule has 2 heterocycles. The van der Waals surface area contributed by atoms with Gasteiger partial charge in [-0.25, -0.2) is 4.18 Å². The molecule has 6 aliphatic rings. The lowest BCUT2D eigenvalue weighted by molar-refractivity contribution is -0.344. The maximum absolute atomic E-state index is 12.6. The molecule has 3 unspecified atom stereocenters. The van der Waals surface area contributed by atoms with Gasteiger partial charge in [0.2, 0.25) is 0 Å². The lowest BCUT2D eigenvalue weighted by atomic mass is 9.41. The summed E-state index contributed by atoms with van der Waals surface area (Å²) in [5.41, 5.74) is -2.36. The van der Waals surface area contributed by atoms with E-state index >= 15 is 0 Å². The summed E-state index contributed by atoms with van der Waals surface area (Å²) >= 11 is 0. The fourth-order valence-corrected chi connectivity index (χ4v) is 12.6. The van der Waals surface area contributed by atoms with Gasteiger partial charge in [0.1, 0.15) is 36.6 Å². The van der Waals surface area contributed by atoms with Gasteiger partial charge in [-0.1, -0.05) is 46.8 Å². The first-order valence-electron chi connectivity index (χ1n) is 20.4. The quantitative estimate of drug-likeness (QED) is 0.0917. The van der Waals surface area contributed by atoms with Crippen LogP contribution in [-0.2, 0) is 38.3 Å². The molecular formula is C39H66O17S. The first kappa shape index (κ1) is 45.6. The van der Waals surface area contributed by atoms with Crippen LogP contribution in [0.2, 0.25) is 0 Å². The zero-order chi connectivity index (χ0) is 42.0. The molecule has 330 valence electrons. The summed E-state index contributed by atoms with van der Waals surface area (Å²) in [6.07, 6.45) is -8.05. The molecule has 6 fully saturated rings. The van der Waals surface area contributed by atoms with E-state index in [4.69, 9.17) is 27.9 Å². The number of aliphatic hydroxyl groups is 8. The molecular weight excluding hydrogens is 772 g/mol. The lowest BCUT2D eigenvalue weighted by Crippen LogP contribution is -2.70. The van der Waals surface area contributed by atoms with Crippen molar-refractivity contribution in [2.75, 3.05) is 26.9 Å². The summed E-state index contributed by atoms with van der Waals surface area (Å²) in [5.74, 6) is -1.45. The monoisotopic (exact) mass is 838 g/mol. The van der Waals surface area contributed by atoms with Crippen LogP contribution in [0.15, 0.2) is 12.2 Å². The molecule has 0 aromatic carbocycles. The van der Waals surface area contributed by atoms with E-state index in [-0.39, 0.29) is 49.2 Å². The Morgan fingerprint density at radius 3 is 2.11 bits per heavy atom. The average Bonchev–Trinajstić information content (AvgIpc) is 3.41. The van der Waals surface area contributed by atoms with Crippen molar-refractivity contribution in [2.24, 2.45) is 52.3 Å². The number of hydrogen-bond donors (Lipinski definition) is 9. The van der Waals surface area contributed by atoms with Crippen LogP contribution in [0.3, 0.4) is 0 Å². The van der Waals surface area contributed by atoms with Gasteiger partial charge in [-0.2, -0.15) is 8.42 Å². The van der Waals surface area contributed by atoms with Crippen LogP contribution in [-0.4, -0.2) is 160 Å². The van der Waals surface area contributed by atoms with Gasteiger partial charge in [-0.05, 0) is 72.5 Å². The predicted molar refractivity (Wildman–Crippen MR) is 199 cm³/mol. The highest BCUT2D eigenvalue weighted by atomic mass is 32.3. The van der Waals surface area contributed by atoms with Gasteiger partial charge in [-0.15, -0.1) is 0 Å². The first-order valence-corrected chi connectivity index (χ1v) is 21.8. The Kier molecular flexibility index (Phi) is 13.7. The maximum atomic E-state index is 12.6. The maximum Gasteiger partial charge on any atom is 0.397 e. The first-order chi connectivity index (χ1) is 26.6. The molecule has 0 aromatic rings. The normalized spacial score (nSPS) is 50.8. The molecule has 0 bridgehead atoms. The molecule has 4 aliphatic carbocycles. The third-order valence-electron chi connectivity index (χ3n) is 15.2. The largest absolute Gasteiger partial charge is 0.397 e. The van der Waals surface area contributed by atoms with Crippen LogP contribution < -0.4 is 0 Å². The summed E-state index contributed by atoms with van der Waals surface area (Å²) in [7, 11) is -3.82. The Morgan fingerprint density at radius 2 is 1.44 bits per heavy atom. The minimum Gasteiger partial charge on any atom is -0.393 e. The summed E-state index contributed by atoms with van der Waals surface area (Å²) in [6.45, 7) is 9.54. The van der Waals surface area contributed by atoms with Gasteiger partial charge < -0.3 is 64.5 Å². The SMILES string of the molecule is CO[C@H]1[C@H](O[C@H]2[C@H](OC[C@@H](C)[C@H](C)/C=C/[C@@H](C)[C@H]3C[C@@H](O)C4[C@]5(O)C[C@H](O)C6[C@@H](O)[C@@H](O)CC[C@]6(C)C5CC[C@@]43C)OC[C@@H](O)[C@@H]2OS(=O)(=O)O)OC[C@@H](O)[C@@H]1O. The van der Waals surface area contributed by atoms with E-state index in [2.05, 4.69) is 26.0 Å². The molecule has 9 N–H and O–H groups in total. The van der Waals surface area contributed by atoms with Crippen LogP contribution in [0.4, 0.5) is 0 Å². The van der Waals surface area contributed by atoms with Crippen molar-refractivity contribution in [3.8, 4) is 0 Å². The van der Waals surface area contributed by atoms with Crippen LogP contribution in [0.25, 0.3) is 0 Å². The Bertz CT molecular complexity index is 1520. The van der Waals surface area contributed by atoms with E-state index in [9.17, 15) is 53.8 Å². The molecule has 0 amide bonds. The van der Waals surface area contributed by atoms with Crippen LogP contribution >= 0.6 is 0 Å². The second-order valence-corrected chi connectivity index (χ2v) is 19.7. The molecule has 57 heavy (non-hydrogen) atoms. The van der Waals surface area contributed by atoms with E-state index < -0.39 is 119 Å². The van der Waals surface area contributed by atoms with Gasteiger partial charge in [0.25, 0.3) is 0 Å². The van der Waals surface area contributed by atoms with E-state index in [1.807, 2.05) is 20.8 Å². The molecule has 18 heteroatoms. The fourth-order valence-electron chi connectivity index (χ4n) is 12.1. The molecule has 17 nitrogen and oxygen atoms in total. The highest BCUT2D eigenvalue weighted by molar-refractivity contribution is 7.80. The van der Waals surface area contributed by atoms with Crippen molar-refractivity contribution in [3.63, 3.8) is 0 Å². The summed E-state index contributed by atoms with van der Waals surface area (Å²) < 4.78 is 66.4. The zero-order valence-electron chi connectivity index (χ0n) is 33.7. The van der Waals surface area contributed by atoms with Crippen LogP contribution in [0.1, 0.15) is 73.1 Å². The van der Waals surface area contributed by atoms with Gasteiger partial charge in [0.05, 0.1) is 49.8 Å². The highest BCUT2D eigenvalue weighted by Gasteiger charge is 2.71. The number of rotatable bonds is 12. The van der Waals surface area contributed by atoms with Gasteiger partial charge in [-0.3, -0.25) is 4.55 Å². The molecule has 22 atom stereocenters. The van der Waals surface area contributed by atoms with Crippen molar-refractivity contribution in [3.05, 3.63) is 12.2 Å². The van der Waals surface area contributed by atoms with E-state index in [1.165, 1.54) is 7.11 Å². The number of ether oxygens (including phenoxy) is 5. The second-order valence-electron chi connectivity index (χ2n) is 18.6. The van der Waals surface area contributed by atoms with Gasteiger partial charge in [0, 0.05) is 25.4 Å². The molecule has 4 saturated carbocycles. The van der Waals surface area contributed by atoms with Crippen molar-refractivity contribution < 1.29 is 81.7 Å². The van der Waals surface area contributed by atoms with E-state index in [0.29, 0.717) is 25.7 Å². The number of fused-ring (bicyclic) bond motifs is 5. The van der Waals surface area contributed by atoms with Crippen molar-refractivity contribution in [1.82, 2.24) is 0 Å². The minimum atomic E-state index is -5.08. The molecule has 0 spiro atoms. The number of allylic oxidation sites excluding steroid dienone is 2. The zero-order valence-corrected chi connectivity index (χ0v) is 34.5. The number of hydrogen-bond acceptors (Lipinski definition) is 16. The minimum absolute atomic E-state index is 0.00578. The van der Waals surface area contributed by atoms with Gasteiger partial charge in [0.15, 0.2) is 12.6 Å². The number of methoxy groups -OCH3 is 1. The van der Waals surface area contributed by atoms with Crippen LogP contribution in [0, 0.1) is 52.3 Å². The van der Waals surface area contributed by atoms with Crippen molar-refractivity contribution >= 4 is 10.4 Å². The van der Waals surface area contributed by atoms with Crippen LogP contribution in [0.5, 0.6) is 0 Å². The van der Waals surface area contributed by atoms with Crippen molar-refractivity contribution in [1.29, 1.82) is 0 Å². The summed E-state index contributed by atoms with van der Waals surface area (Å²) in [5, 5.41) is 88.3. The third-order valence-corrected chi connectivity index (χ3v) is 15.7. The third kappa shape index (κ3) is 8.51. The molecule has 2 saturated heterocycles. The second kappa shape index (κ2) is 17.1. The van der Waals surface area contributed by atoms with E-state index in [0.717, 1.165) is 6.42 Å². The Balaban J connectivity index is 1.12. The number of aliphatic hydroxyl groups excluding tert-OH is 7. The molecule has 0 aromatic heterocycles. The average molecular weight is 839 g/mol. The fraction of sp³-hybridized carbons (Fsp3) is 0.949. The Hall–Kier alpha value is -0.910. The summed E-state index contributed by atoms with van der Waals surface area (Å²) in [6, 6.07) is 0.